The largest absolute Gasteiger partial charge is 0.347 e. The predicted octanol–water partition coefficient (Wildman–Crippen LogP) is 3.40. The number of halogens is 2. The first-order valence-electron chi connectivity index (χ1n) is 8.08. The maximum Gasteiger partial charge on any atom is 0.274 e. The highest BCUT2D eigenvalue weighted by Gasteiger charge is 2.17. The zero-order chi connectivity index (χ0) is 18.8. The number of carbonyl (C=O) groups is 1. The van der Waals surface area contributed by atoms with Crippen molar-refractivity contribution < 1.29 is 13.6 Å². The zero-order valence-electron chi connectivity index (χ0n) is 14.7. The van der Waals surface area contributed by atoms with E-state index in [0.717, 1.165) is 22.9 Å². The van der Waals surface area contributed by atoms with Gasteiger partial charge in [-0.25, -0.2) is 13.5 Å². The molecule has 0 atom stereocenters. The van der Waals surface area contributed by atoms with Gasteiger partial charge in [0.1, 0.15) is 11.6 Å². The van der Waals surface area contributed by atoms with Crippen LogP contribution in [0.1, 0.15) is 32.9 Å². The van der Waals surface area contributed by atoms with Crippen LogP contribution < -0.4 is 5.32 Å². The Labute approximate surface area is 149 Å². The van der Waals surface area contributed by atoms with E-state index in [4.69, 9.17) is 0 Å². The summed E-state index contributed by atoms with van der Waals surface area (Å²) < 4.78 is 28.0. The van der Waals surface area contributed by atoms with Gasteiger partial charge in [-0.2, -0.15) is 0 Å². The van der Waals surface area contributed by atoms with Gasteiger partial charge in [-0.3, -0.25) is 4.79 Å². The van der Waals surface area contributed by atoms with Crippen LogP contribution in [-0.4, -0.2) is 20.9 Å². The quantitative estimate of drug-likeness (QED) is 0.779. The summed E-state index contributed by atoms with van der Waals surface area (Å²) in [5.41, 5.74) is 4.15. The Kier molecular flexibility index (Phi) is 4.79. The summed E-state index contributed by atoms with van der Waals surface area (Å²) in [4.78, 5) is 12.4. The Balaban J connectivity index is 1.78. The Morgan fingerprint density at radius 2 is 1.73 bits per heavy atom. The van der Waals surface area contributed by atoms with Crippen LogP contribution in [0.5, 0.6) is 0 Å². The maximum atomic E-state index is 13.2. The highest BCUT2D eigenvalue weighted by Crippen LogP contribution is 2.16. The van der Waals surface area contributed by atoms with E-state index in [1.165, 1.54) is 12.1 Å². The molecule has 0 saturated heterocycles. The highest BCUT2D eigenvalue weighted by atomic mass is 19.1. The van der Waals surface area contributed by atoms with Gasteiger partial charge < -0.3 is 5.32 Å². The van der Waals surface area contributed by atoms with E-state index < -0.39 is 17.5 Å². The van der Waals surface area contributed by atoms with Crippen molar-refractivity contribution in [1.82, 2.24) is 20.3 Å². The first kappa shape index (κ1) is 17.7. The molecular weight excluding hydrogens is 338 g/mol. The van der Waals surface area contributed by atoms with E-state index in [1.807, 2.05) is 32.0 Å². The van der Waals surface area contributed by atoms with Crippen molar-refractivity contribution in [2.24, 2.45) is 0 Å². The number of carbonyl (C=O) groups excluding carboxylic acids is 1. The highest BCUT2D eigenvalue weighted by molar-refractivity contribution is 5.93. The number of hydrogen-bond donors (Lipinski definition) is 1. The van der Waals surface area contributed by atoms with Crippen molar-refractivity contribution in [2.75, 3.05) is 0 Å². The summed E-state index contributed by atoms with van der Waals surface area (Å²) in [6, 6.07) is 8.97. The molecule has 1 heterocycles. The molecule has 0 spiro atoms. The average Bonchev–Trinajstić information content (AvgIpc) is 2.96. The SMILES string of the molecule is Cc1ccc(-n2nnc(C(=O)NCc3cc(F)cc(F)c3)c2C)cc1C. The van der Waals surface area contributed by atoms with Crippen LogP contribution in [0.15, 0.2) is 36.4 Å². The number of hydrogen-bond acceptors (Lipinski definition) is 3. The van der Waals surface area contributed by atoms with Crippen LogP contribution in [-0.2, 0) is 6.54 Å². The summed E-state index contributed by atoms with van der Waals surface area (Å²) in [6.45, 7) is 5.74. The molecule has 0 fully saturated rings. The lowest BCUT2D eigenvalue weighted by Gasteiger charge is -2.07. The third kappa shape index (κ3) is 3.61. The molecule has 2 aromatic carbocycles. The minimum atomic E-state index is -0.689. The number of benzene rings is 2. The summed E-state index contributed by atoms with van der Waals surface area (Å²) in [6.07, 6.45) is 0. The molecule has 3 aromatic rings. The van der Waals surface area contributed by atoms with Gasteiger partial charge in [-0.1, -0.05) is 11.3 Å². The molecule has 5 nitrogen and oxygen atoms in total. The molecule has 7 heteroatoms. The minimum Gasteiger partial charge on any atom is -0.347 e. The minimum absolute atomic E-state index is 0.0105. The fourth-order valence-corrected chi connectivity index (χ4v) is 2.62. The lowest BCUT2D eigenvalue weighted by Crippen LogP contribution is -2.24. The average molecular weight is 356 g/mol. The third-order valence-corrected chi connectivity index (χ3v) is 4.22. The lowest BCUT2D eigenvalue weighted by atomic mass is 10.1. The molecule has 0 unspecified atom stereocenters. The topological polar surface area (TPSA) is 59.8 Å². The Hall–Kier alpha value is -3.09. The molecule has 134 valence electrons. The third-order valence-electron chi connectivity index (χ3n) is 4.22. The van der Waals surface area contributed by atoms with Crippen molar-refractivity contribution in [1.29, 1.82) is 0 Å². The smallest absolute Gasteiger partial charge is 0.274 e. The van der Waals surface area contributed by atoms with Crippen molar-refractivity contribution in [3.05, 3.63) is 76.1 Å². The molecular formula is C19H18F2N4O. The molecule has 1 N–H and O–H groups in total. The number of aryl methyl sites for hydroxylation is 2. The second-order valence-electron chi connectivity index (χ2n) is 6.16. The van der Waals surface area contributed by atoms with Crippen LogP contribution in [0.4, 0.5) is 8.78 Å². The number of nitrogens with zero attached hydrogens (tertiary/aromatic N) is 3. The summed E-state index contributed by atoms with van der Waals surface area (Å²) >= 11 is 0. The second kappa shape index (κ2) is 7.03. The number of rotatable bonds is 4. The first-order chi connectivity index (χ1) is 12.3. The second-order valence-corrected chi connectivity index (χ2v) is 6.16. The van der Waals surface area contributed by atoms with Gasteiger partial charge in [-0.05, 0) is 61.7 Å². The molecule has 1 amide bonds. The van der Waals surface area contributed by atoms with Gasteiger partial charge in [0.05, 0.1) is 11.4 Å². The Morgan fingerprint density at radius 1 is 1.04 bits per heavy atom. The monoisotopic (exact) mass is 356 g/mol. The number of aromatic nitrogens is 3. The van der Waals surface area contributed by atoms with Crippen LogP contribution in [0.2, 0.25) is 0 Å². The standard InChI is InChI=1S/C19H18F2N4O/c1-11-4-5-17(6-12(11)2)25-13(3)18(23-24-25)19(26)22-10-14-7-15(20)9-16(21)8-14/h4-9H,10H2,1-3H3,(H,22,26). The van der Waals surface area contributed by atoms with Crippen molar-refractivity contribution in [3.63, 3.8) is 0 Å². The van der Waals surface area contributed by atoms with Gasteiger partial charge in [0.25, 0.3) is 5.91 Å². The van der Waals surface area contributed by atoms with E-state index in [0.29, 0.717) is 11.3 Å². The van der Waals surface area contributed by atoms with Crippen LogP contribution in [0, 0.1) is 32.4 Å². The van der Waals surface area contributed by atoms with Gasteiger partial charge in [0, 0.05) is 12.6 Å². The first-order valence-corrected chi connectivity index (χ1v) is 8.08. The van der Waals surface area contributed by atoms with Crippen molar-refractivity contribution in [3.8, 4) is 5.69 Å². The number of nitrogens with one attached hydrogen (secondary N) is 1. The molecule has 1 aromatic heterocycles. The van der Waals surface area contributed by atoms with Crippen LogP contribution >= 0.6 is 0 Å². The number of amides is 1. The van der Waals surface area contributed by atoms with Gasteiger partial charge >= 0.3 is 0 Å². The van der Waals surface area contributed by atoms with Gasteiger partial charge in [0.2, 0.25) is 0 Å². The molecule has 0 aliphatic rings. The maximum absolute atomic E-state index is 13.2. The summed E-state index contributed by atoms with van der Waals surface area (Å²) in [7, 11) is 0. The predicted molar refractivity (Wildman–Crippen MR) is 93.1 cm³/mol. The Bertz CT molecular complexity index is 961. The van der Waals surface area contributed by atoms with Gasteiger partial charge in [0.15, 0.2) is 5.69 Å². The molecule has 0 bridgehead atoms. The van der Waals surface area contributed by atoms with Crippen molar-refractivity contribution >= 4 is 5.91 Å². The van der Waals surface area contributed by atoms with Crippen LogP contribution in [0.3, 0.4) is 0 Å². The fraction of sp³-hybridized carbons (Fsp3) is 0.211. The summed E-state index contributed by atoms with van der Waals surface area (Å²) in [5, 5.41) is 10.6. The van der Waals surface area contributed by atoms with E-state index in [2.05, 4.69) is 15.6 Å². The fourth-order valence-electron chi connectivity index (χ4n) is 2.62. The molecule has 0 saturated carbocycles. The molecule has 0 radical (unpaired) electrons. The van der Waals surface area contributed by atoms with Gasteiger partial charge in [-0.15, -0.1) is 5.10 Å². The van der Waals surface area contributed by atoms with E-state index >= 15 is 0 Å². The van der Waals surface area contributed by atoms with E-state index in [-0.39, 0.29) is 12.2 Å². The summed E-state index contributed by atoms with van der Waals surface area (Å²) in [5.74, 6) is -1.83. The lowest BCUT2D eigenvalue weighted by molar-refractivity contribution is 0.0945. The van der Waals surface area contributed by atoms with E-state index in [9.17, 15) is 13.6 Å². The molecule has 0 aliphatic heterocycles. The van der Waals surface area contributed by atoms with Crippen LogP contribution in [0.25, 0.3) is 5.69 Å². The molecule has 26 heavy (non-hydrogen) atoms. The Morgan fingerprint density at radius 3 is 2.38 bits per heavy atom. The molecule has 0 aliphatic carbocycles. The van der Waals surface area contributed by atoms with E-state index in [1.54, 1.807) is 11.6 Å². The molecule has 3 rings (SSSR count). The van der Waals surface area contributed by atoms with Crippen molar-refractivity contribution in [2.45, 2.75) is 27.3 Å². The normalized spacial score (nSPS) is 10.8. The zero-order valence-corrected chi connectivity index (χ0v) is 14.7.